The van der Waals surface area contributed by atoms with Gasteiger partial charge in [-0.1, -0.05) is 23.5 Å². The second kappa shape index (κ2) is 8.74. The van der Waals surface area contributed by atoms with Gasteiger partial charge in [0.25, 0.3) is 5.01 Å². The molecule has 0 amide bonds. The number of rotatable bonds is 5. The summed E-state index contributed by atoms with van der Waals surface area (Å²) in [7, 11) is 1.32. The Balaban J connectivity index is 0.00000225. The molecule has 5 nitrogen and oxygen atoms in total. The van der Waals surface area contributed by atoms with Crippen LogP contribution in [0.4, 0.5) is 0 Å². The summed E-state index contributed by atoms with van der Waals surface area (Å²) >= 11 is 1.74. The molecule has 0 saturated carbocycles. The summed E-state index contributed by atoms with van der Waals surface area (Å²) in [5, 5.41) is 1.16. The monoisotopic (exact) mass is 507 g/mol. The number of aryl methyl sites for hydroxylation is 1. The zero-order chi connectivity index (χ0) is 18.8. The lowest BCUT2D eigenvalue weighted by molar-refractivity contribution is -0.665. The first-order valence-corrected chi connectivity index (χ1v) is 9.39. The van der Waals surface area contributed by atoms with E-state index in [-0.39, 0.29) is 29.7 Å². The van der Waals surface area contributed by atoms with Crippen LogP contribution in [0.15, 0.2) is 57.4 Å². The number of furan rings is 2. The molecule has 0 spiro atoms. The van der Waals surface area contributed by atoms with Crippen molar-refractivity contribution >= 4 is 39.7 Å². The molecule has 3 aromatic heterocycles. The van der Waals surface area contributed by atoms with Crippen LogP contribution in [0, 0.1) is 0 Å². The van der Waals surface area contributed by atoms with Gasteiger partial charge in [-0.05, 0) is 43.3 Å². The number of nitrogens with zero attached hydrogens (tertiary/aromatic N) is 1. The maximum absolute atomic E-state index is 11.5. The molecular weight excluding hydrogens is 489 g/mol. The molecule has 0 bridgehead atoms. The van der Waals surface area contributed by atoms with Crippen molar-refractivity contribution < 1.29 is 46.9 Å². The molecule has 0 fully saturated rings. The zero-order valence-corrected chi connectivity index (χ0v) is 18.3. The van der Waals surface area contributed by atoms with Crippen LogP contribution in [0.2, 0.25) is 0 Å². The minimum atomic E-state index is -0.512. The third-order valence-corrected chi connectivity index (χ3v) is 5.34. The number of thiazole rings is 1. The summed E-state index contributed by atoms with van der Waals surface area (Å²) in [5.74, 6) is 1.39. The maximum Gasteiger partial charge on any atom is 0.373 e. The van der Waals surface area contributed by atoms with E-state index < -0.39 is 5.97 Å². The summed E-state index contributed by atoms with van der Waals surface area (Å²) in [4.78, 5) is 11.5. The van der Waals surface area contributed by atoms with E-state index in [1.807, 2.05) is 18.2 Å². The highest BCUT2D eigenvalue weighted by atomic mass is 127. The van der Waals surface area contributed by atoms with Gasteiger partial charge in [0.1, 0.15) is 17.0 Å². The first-order valence-electron chi connectivity index (χ1n) is 8.57. The molecule has 7 heteroatoms. The number of esters is 1. The minimum Gasteiger partial charge on any atom is -1.00 e. The number of hydrogen-bond acceptors (Lipinski definition) is 5. The van der Waals surface area contributed by atoms with E-state index >= 15 is 0 Å². The Morgan fingerprint density at radius 2 is 1.82 bits per heavy atom. The predicted molar refractivity (Wildman–Crippen MR) is 104 cm³/mol. The van der Waals surface area contributed by atoms with E-state index in [1.165, 1.54) is 17.3 Å². The summed E-state index contributed by atoms with van der Waals surface area (Å²) in [6.07, 6.45) is 3.99. The standard InChI is InChI=1S/C21H18NO4S.HI/c1-3-22-15-6-4-5-7-19(15)27-20(22)13-9-14-8-10-16(25-14)17-11-12-18(26-17)21(23)24-2;/h4-13H,3H2,1-2H3;1H/q+1;/p-1/b13-9+;. The number of hydrogen-bond donors (Lipinski definition) is 0. The number of ether oxygens (including phenoxy) is 1. The molecule has 0 aliphatic rings. The number of carbonyl (C=O) groups excluding carboxylic acids is 1. The number of fused-ring (bicyclic) bond motifs is 1. The summed E-state index contributed by atoms with van der Waals surface area (Å²) in [6.45, 7) is 3.03. The van der Waals surface area contributed by atoms with Gasteiger partial charge in [-0.3, -0.25) is 0 Å². The first kappa shape index (κ1) is 20.3. The van der Waals surface area contributed by atoms with Crippen molar-refractivity contribution in [1.29, 1.82) is 0 Å². The van der Waals surface area contributed by atoms with Crippen LogP contribution < -0.4 is 28.5 Å². The molecule has 0 aliphatic carbocycles. The van der Waals surface area contributed by atoms with Crippen molar-refractivity contribution in [3.05, 3.63) is 65.1 Å². The molecule has 0 unspecified atom stereocenters. The number of halogens is 1. The Hall–Kier alpha value is -2.39. The average Bonchev–Trinajstić information content (AvgIpc) is 3.42. The number of aromatic nitrogens is 1. The highest BCUT2D eigenvalue weighted by Gasteiger charge is 2.17. The Morgan fingerprint density at radius 1 is 1.07 bits per heavy atom. The molecule has 0 atom stereocenters. The van der Waals surface area contributed by atoms with Gasteiger partial charge in [0.2, 0.25) is 11.3 Å². The van der Waals surface area contributed by atoms with Crippen LogP contribution >= 0.6 is 11.3 Å². The van der Waals surface area contributed by atoms with E-state index in [2.05, 4.69) is 46.6 Å². The van der Waals surface area contributed by atoms with Gasteiger partial charge >= 0.3 is 5.97 Å². The van der Waals surface area contributed by atoms with Crippen LogP contribution in [-0.2, 0) is 11.3 Å². The molecule has 0 aliphatic heterocycles. The van der Waals surface area contributed by atoms with Gasteiger partial charge in [0, 0.05) is 12.1 Å². The molecule has 28 heavy (non-hydrogen) atoms. The van der Waals surface area contributed by atoms with Crippen LogP contribution in [-0.4, -0.2) is 13.1 Å². The SMILES string of the molecule is CC[n+]1c(/C=C/c2ccc(-c3ccc(C(=O)OC)o3)o2)sc2ccccc21.[I-]. The number of benzene rings is 1. The van der Waals surface area contributed by atoms with Crippen LogP contribution in [0.3, 0.4) is 0 Å². The van der Waals surface area contributed by atoms with Crippen LogP contribution in [0.25, 0.3) is 33.9 Å². The van der Waals surface area contributed by atoms with E-state index in [4.69, 9.17) is 8.83 Å². The van der Waals surface area contributed by atoms with E-state index in [0.717, 1.165) is 11.6 Å². The molecule has 0 radical (unpaired) electrons. The molecule has 0 saturated heterocycles. The van der Waals surface area contributed by atoms with E-state index in [0.29, 0.717) is 17.3 Å². The average molecular weight is 507 g/mol. The third kappa shape index (κ3) is 3.90. The topological polar surface area (TPSA) is 56.5 Å². The molecule has 4 aromatic rings. The lowest BCUT2D eigenvalue weighted by Crippen LogP contribution is -3.00. The fourth-order valence-electron chi connectivity index (χ4n) is 2.91. The lowest BCUT2D eigenvalue weighted by Gasteiger charge is -1.93. The van der Waals surface area contributed by atoms with Crippen molar-refractivity contribution in [2.45, 2.75) is 13.5 Å². The summed E-state index contributed by atoms with van der Waals surface area (Å²) in [6, 6.07) is 15.3. The number of carbonyl (C=O) groups is 1. The largest absolute Gasteiger partial charge is 1.00 e. The highest BCUT2D eigenvalue weighted by molar-refractivity contribution is 7.18. The quantitative estimate of drug-likeness (QED) is 0.236. The van der Waals surface area contributed by atoms with Crippen LogP contribution in [0.1, 0.15) is 28.2 Å². The van der Waals surface area contributed by atoms with E-state index in [1.54, 1.807) is 23.5 Å². The van der Waals surface area contributed by atoms with Gasteiger partial charge < -0.3 is 37.5 Å². The fourth-order valence-corrected chi connectivity index (χ4v) is 4.04. The lowest BCUT2D eigenvalue weighted by atomic mass is 10.3. The van der Waals surface area contributed by atoms with Crippen molar-refractivity contribution in [3.63, 3.8) is 0 Å². The van der Waals surface area contributed by atoms with Crippen molar-refractivity contribution in [1.82, 2.24) is 0 Å². The second-order valence-electron chi connectivity index (χ2n) is 5.84. The van der Waals surface area contributed by atoms with E-state index in [9.17, 15) is 4.79 Å². The molecule has 4 rings (SSSR count). The molecule has 3 heterocycles. The second-order valence-corrected chi connectivity index (χ2v) is 6.91. The molecule has 144 valence electrons. The van der Waals surface area contributed by atoms with Gasteiger partial charge in [-0.2, -0.15) is 4.57 Å². The maximum atomic E-state index is 11.5. The molecule has 0 N–H and O–H groups in total. The fraction of sp³-hybridized carbons (Fsp3) is 0.143. The zero-order valence-electron chi connectivity index (χ0n) is 15.3. The number of para-hydroxylation sites is 1. The van der Waals surface area contributed by atoms with Gasteiger partial charge in [0.05, 0.1) is 7.11 Å². The minimum absolute atomic E-state index is 0. The van der Waals surface area contributed by atoms with Crippen molar-refractivity contribution in [2.75, 3.05) is 7.11 Å². The number of methoxy groups -OCH3 is 1. The first-order chi connectivity index (χ1) is 13.2. The van der Waals surface area contributed by atoms with Crippen molar-refractivity contribution in [3.8, 4) is 11.5 Å². The Morgan fingerprint density at radius 3 is 2.61 bits per heavy atom. The Kier molecular flexibility index (Phi) is 6.35. The van der Waals surface area contributed by atoms with Gasteiger partial charge in [-0.25, -0.2) is 4.79 Å². The predicted octanol–water partition coefficient (Wildman–Crippen LogP) is 2.02. The van der Waals surface area contributed by atoms with Gasteiger partial charge in [-0.15, -0.1) is 0 Å². The van der Waals surface area contributed by atoms with Crippen molar-refractivity contribution in [2.24, 2.45) is 0 Å². The summed E-state index contributed by atoms with van der Waals surface area (Å²) in [5.41, 5.74) is 1.23. The summed E-state index contributed by atoms with van der Waals surface area (Å²) < 4.78 is 19.5. The van der Waals surface area contributed by atoms with Gasteiger partial charge in [0.15, 0.2) is 11.5 Å². The Labute approximate surface area is 183 Å². The molecule has 1 aromatic carbocycles. The third-order valence-electron chi connectivity index (χ3n) is 4.21. The normalized spacial score (nSPS) is 11.1. The van der Waals surface area contributed by atoms with Crippen LogP contribution in [0.5, 0.6) is 0 Å². The smallest absolute Gasteiger partial charge is 0.373 e. The highest BCUT2D eigenvalue weighted by Crippen LogP contribution is 2.26. The Bertz CT molecular complexity index is 1140. The molecular formula is C21H18INO4S.